The number of carbonyl (C=O) groups is 3. The van der Waals surface area contributed by atoms with Gasteiger partial charge in [0.05, 0.1) is 23.8 Å². The van der Waals surface area contributed by atoms with Crippen molar-refractivity contribution in [1.29, 1.82) is 0 Å². The Balaban J connectivity index is 1.58. The summed E-state index contributed by atoms with van der Waals surface area (Å²) >= 11 is 14.9. The van der Waals surface area contributed by atoms with Gasteiger partial charge in [-0.15, -0.1) is 11.3 Å². The second-order valence-corrected chi connectivity index (χ2v) is 9.66. The largest absolute Gasteiger partial charge is 0.378 e. The maximum absolute atomic E-state index is 12.7. The second kappa shape index (κ2) is 12.4. The molecule has 0 radical (unpaired) electrons. The number of hydrogen-bond donors (Lipinski definition) is 3. The fraction of sp³-hybridized carbons (Fsp3) is 0.400. The van der Waals surface area contributed by atoms with Crippen molar-refractivity contribution in [3.8, 4) is 0 Å². The summed E-state index contributed by atoms with van der Waals surface area (Å²) in [4.78, 5) is 44.2. The number of morpholine rings is 1. The number of hydrogen-bond acceptors (Lipinski definition) is 8. The minimum Gasteiger partial charge on any atom is -0.378 e. The predicted molar refractivity (Wildman–Crippen MR) is 131 cm³/mol. The molecule has 1 aliphatic heterocycles. The zero-order valence-electron chi connectivity index (χ0n) is 17.7. The summed E-state index contributed by atoms with van der Waals surface area (Å²) in [6.07, 6.45) is 2.25. The molecular formula is C20H23Cl2N5O4S2. The van der Waals surface area contributed by atoms with Crippen LogP contribution in [0.2, 0.25) is 10.0 Å². The van der Waals surface area contributed by atoms with Gasteiger partial charge in [-0.25, -0.2) is 4.98 Å². The number of rotatable bonds is 8. The number of hydrazine groups is 1. The number of halogens is 2. The molecule has 1 fully saturated rings. The number of nitrogens with zero attached hydrogens (tertiary/aromatic N) is 2. The third-order valence-electron chi connectivity index (χ3n) is 4.71. The van der Waals surface area contributed by atoms with Crippen LogP contribution < -0.4 is 21.1 Å². The maximum atomic E-state index is 12.7. The number of amides is 3. The molecule has 3 N–H and O–H groups in total. The van der Waals surface area contributed by atoms with E-state index in [2.05, 4.69) is 21.2 Å². The Bertz CT molecular complexity index is 1000. The number of aromatic nitrogens is 1. The summed E-state index contributed by atoms with van der Waals surface area (Å²) in [5, 5.41) is 5.59. The van der Waals surface area contributed by atoms with Crippen LogP contribution in [0, 0.1) is 0 Å². The van der Waals surface area contributed by atoms with Gasteiger partial charge in [-0.1, -0.05) is 23.2 Å². The number of benzene rings is 1. The van der Waals surface area contributed by atoms with Crippen molar-refractivity contribution in [1.82, 2.24) is 21.2 Å². The Labute approximate surface area is 209 Å². The first-order chi connectivity index (χ1) is 15.9. The molecule has 1 aromatic heterocycles. The van der Waals surface area contributed by atoms with E-state index in [4.69, 9.17) is 27.9 Å². The third-order valence-corrected chi connectivity index (χ3v) is 6.81. The number of anilines is 1. The molecule has 3 rings (SSSR count). The van der Waals surface area contributed by atoms with Gasteiger partial charge in [-0.05, 0) is 36.6 Å². The number of nitrogens with one attached hydrogen (secondary N) is 3. The molecule has 0 unspecified atom stereocenters. The molecule has 0 bridgehead atoms. The lowest BCUT2D eigenvalue weighted by Crippen LogP contribution is -2.52. The van der Waals surface area contributed by atoms with E-state index in [1.54, 1.807) is 11.4 Å². The van der Waals surface area contributed by atoms with E-state index in [-0.39, 0.29) is 16.3 Å². The fourth-order valence-corrected chi connectivity index (χ4v) is 4.78. The second-order valence-electron chi connectivity index (χ2n) is 6.99. The number of carbonyl (C=O) groups excluding carboxylic acids is 3. The summed E-state index contributed by atoms with van der Waals surface area (Å²) in [6.45, 7) is 2.64. The fourth-order valence-electron chi connectivity index (χ4n) is 2.95. The summed E-state index contributed by atoms with van der Waals surface area (Å²) in [6, 6.07) is 3.60. The molecule has 2 aromatic rings. The molecular weight excluding hydrogens is 509 g/mol. The molecule has 33 heavy (non-hydrogen) atoms. The maximum Gasteiger partial charge on any atom is 0.289 e. The lowest BCUT2D eigenvalue weighted by atomic mass is 10.1. The molecule has 1 aromatic carbocycles. The van der Waals surface area contributed by atoms with Crippen molar-refractivity contribution in [3.05, 3.63) is 44.9 Å². The lowest BCUT2D eigenvalue weighted by Gasteiger charge is -2.25. The first-order valence-electron chi connectivity index (χ1n) is 10.0. The van der Waals surface area contributed by atoms with E-state index in [0.29, 0.717) is 43.5 Å². The highest BCUT2D eigenvalue weighted by Crippen LogP contribution is 2.22. The van der Waals surface area contributed by atoms with Crippen LogP contribution in [-0.2, 0) is 9.53 Å². The number of thioether (sulfide) groups is 1. The van der Waals surface area contributed by atoms with Gasteiger partial charge in [0, 0.05) is 23.5 Å². The Morgan fingerprint density at radius 3 is 2.67 bits per heavy atom. The van der Waals surface area contributed by atoms with Crippen molar-refractivity contribution >= 4 is 69.2 Å². The molecule has 2 heterocycles. The highest BCUT2D eigenvalue weighted by atomic mass is 35.5. The van der Waals surface area contributed by atoms with Gasteiger partial charge in [-0.3, -0.25) is 25.2 Å². The average molecular weight is 532 g/mol. The molecule has 0 spiro atoms. The van der Waals surface area contributed by atoms with E-state index in [0.717, 1.165) is 5.13 Å². The van der Waals surface area contributed by atoms with Gasteiger partial charge >= 0.3 is 0 Å². The molecule has 1 atom stereocenters. The molecule has 0 saturated carbocycles. The van der Waals surface area contributed by atoms with Crippen LogP contribution in [-0.4, -0.2) is 67.1 Å². The number of thiazole rings is 1. The van der Waals surface area contributed by atoms with Crippen molar-refractivity contribution in [2.45, 2.75) is 12.5 Å². The van der Waals surface area contributed by atoms with Crippen molar-refractivity contribution in [2.75, 3.05) is 43.2 Å². The smallest absolute Gasteiger partial charge is 0.289 e. The molecule has 178 valence electrons. The van der Waals surface area contributed by atoms with Crippen LogP contribution in [0.4, 0.5) is 5.13 Å². The van der Waals surface area contributed by atoms with Crippen LogP contribution >= 0.6 is 46.3 Å². The summed E-state index contributed by atoms with van der Waals surface area (Å²) in [5.74, 6) is -0.997. The molecule has 3 amide bonds. The third kappa shape index (κ3) is 7.21. The first kappa shape index (κ1) is 25.6. The summed E-state index contributed by atoms with van der Waals surface area (Å²) in [5.41, 5.74) is 5.13. The Morgan fingerprint density at radius 1 is 1.21 bits per heavy atom. The highest BCUT2D eigenvalue weighted by Gasteiger charge is 2.24. The van der Waals surface area contributed by atoms with Crippen molar-refractivity contribution < 1.29 is 19.1 Å². The molecule has 9 nitrogen and oxygen atoms in total. The average Bonchev–Trinajstić information content (AvgIpc) is 3.31. The van der Waals surface area contributed by atoms with E-state index in [9.17, 15) is 14.4 Å². The standard InChI is InChI=1S/C20H23Cl2N5O4S2/c1-32-9-4-15(23-17(28)13-3-2-12(21)10-14(13)22)18(29)25-26-19(30)16-11-33-20(24-16)27-5-7-31-8-6-27/h2-3,10-11,15H,4-9H2,1H3,(H,23,28)(H,25,29)(H,26,30)/t15-/m0/s1. The monoisotopic (exact) mass is 531 g/mol. The predicted octanol–water partition coefficient (Wildman–Crippen LogP) is 2.60. The topological polar surface area (TPSA) is 113 Å². The van der Waals surface area contributed by atoms with Gasteiger partial charge in [0.2, 0.25) is 0 Å². The zero-order chi connectivity index (χ0) is 23.8. The van der Waals surface area contributed by atoms with Gasteiger partial charge in [-0.2, -0.15) is 11.8 Å². The highest BCUT2D eigenvalue weighted by molar-refractivity contribution is 7.98. The molecule has 1 aliphatic rings. The SMILES string of the molecule is CSCC[C@H](NC(=O)c1ccc(Cl)cc1Cl)C(=O)NNC(=O)c1csc(N2CCOCC2)n1. The van der Waals surface area contributed by atoms with Crippen LogP contribution in [0.5, 0.6) is 0 Å². The van der Waals surface area contributed by atoms with Gasteiger partial charge in [0.15, 0.2) is 5.13 Å². The lowest BCUT2D eigenvalue weighted by molar-refractivity contribution is -0.123. The Morgan fingerprint density at radius 2 is 1.97 bits per heavy atom. The van der Waals surface area contributed by atoms with Crippen molar-refractivity contribution in [2.24, 2.45) is 0 Å². The minimum atomic E-state index is -0.878. The first-order valence-corrected chi connectivity index (χ1v) is 13.0. The van der Waals surface area contributed by atoms with E-state index < -0.39 is 23.8 Å². The van der Waals surface area contributed by atoms with Crippen molar-refractivity contribution in [3.63, 3.8) is 0 Å². The van der Waals surface area contributed by atoms with Gasteiger partial charge < -0.3 is 15.0 Å². The molecule has 1 saturated heterocycles. The zero-order valence-corrected chi connectivity index (χ0v) is 20.9. The Hall–Kier alpha value is -2.05. The Kier molecular flexibility index (Phi) is 9.63. The summed E-state index contributed by atoms with van der Waals surface area (Å²) < 4.78 is 5.32. The van der Waals surface area contributed by atoms with E-state index in [1.165, 1.54) is 35.2 Å². The molecule has 0 aliphatic carbocycles. The molecule has 13 heteroatoms. The number of ether oxygens (including phenoxy) is 1. The normalized spacial score (nSPS) is 14.5. The van der Waals surface area contributed by atoms with E-state index >= 15 is 0 Å². The van der Waals surface area contributed by atoms with Crippen LogP contribution in [0.3, 0.4) is 0 Å². The van der Waals surface area contributed by atoms with E-state index in [1.807, 2.05) is 11.2 Å². The minimum absolute atomic E-state index is 0.178. The van der Waals surface area contributed by atoms with Crippen LogP contribution in [0.15, 0.2) is 23.6 Å². The van der Waals surface area contributed by atoms with Gasteiger partial charge in [0.25, 0.3) is 17.7 Å². The van der Waals surface area contributed by atoms with Gasteiger partial charge in [0.1, 0.15) is 11.7 Å². The quantitative estimate of drug-likeness (QED) is 0.448. The van der Waals surface area contributed by atoms with Crippen LogP contribution in [0.25, 0.3) is 0 Å². The van der Waals surface area contributed by atoms with Crippen LogP contribution in [0.1, 0.15) is 27.3 Å². The summed E-state index contributed by atoms with van der Waals surface area (Å²) in [7, 11) is 0.